The number of hydrogen-bond donors (Lipinski definition) is 0. The highest BCUT2D eigenvalue weighted by molar-refractivity contribution is 6.21. The van der Waals surface area contributed by atoms with E-state index in [2.05, 4.69) is 11.8 Å². The second kappa shape index (κ2) is 4.85. The summed E-state index contributed by atoms with van der Waals surface area (Å²) in [5.74, 6) is 0. The van der Waals surface area contributed by atoms with Crippen LogP contribution in [0.1, 0.15) is 51.9 Å². The molecule has 1 aliphatic carbocycles. The van der Waals surface area contributed by atoms with Gasteiger partial charge >= 0.3 is 0 Å². The number of rotatable bonds is 1. The molecule has 0 bridgehead atoms. The van der Waals surface area contributed by atoms with Gasteiger partial charge in [0.15, 0.2) is 0 Å². The van der Waals surface area contributed by atoms with E-state index < -0.39 is 0 Å². The van der Waals surface area contributed by atoms with Gasteiger partial charge in [-0.1, -0.05) is 25.7 Å². The lowest BCUT2D eigenvalue weighted by Gasteiger charge is -2.30. The van der Waals surface area contributed by atoms with Crippen LogP contribution in [-0.4, -0.2) is 28.9 Å². The number of likely N-dealkylation sites (tertiary alicyclic amines) is 1. The average molecular weight is 216 g/mol. The predicted octanol–water partition coefficient (Wildman–Crippen LogP) is 3.41. The molecule has 1 saturated carbocycles. The maximum atomic E-state index is 6.22. The first-order valence-electron chi connectivity index (χ1n) is 6.17. The van der Waals surface area contributed by atoms with Crippen molar-refractivity contribution in [3.63, 3.8) is 0 Å². The highest BCUT2D eigenvalue weighted by Crippen LogP contribution is 2.30. The quantitative estimate of drug-likeness (QED) is 0.479. The fourth-order valence-corrected chi connectivity index (χ4v) is 3.50. The summed E-state index contributed by atoms with van der Waals surface area (Å²) in [7, 11) is 0. The van der Waals surface area contributed by atoms with Crippen molar-refractivity contribution < 1.29 is 0 Å². The van der Waals surface area contributed by atoms with Crippen molar-refractivity contribution in [1.29, 1.82) is 0 Å². The van der Waals surface area contributed by atoms with Crippen molar-refractivity contribution in [2.45, 2.75) is 69.3 Å². The molecule has 0 aromatic rings. The molecule has 82 valence electrons. The Morgan fingerprint density at radius 3 is 2.21 bits per heavy atom. The summed E-state index contributed by atoms with van der Waals surface area (Å²) >= 11 is 6.22. The molecular formula is C12H22ClN. The smallest absolute Gasteiger partial charge is 0.0478 e. The Morgan fingerprint density at radius 2 is 1.71 bits per heavy atom. The summed E-state index contributed by atoms with van der Waals surface area (Å²) < 4.78 is 0. The summed E-state index contributed by atoms with van der Waals surface area (Å²) in [5.41, 5.74) is 0. The van der Waals surface area contributed by atoms with E-state index in [-0.39, 0.29) is 0 Å². The SMILES string of the molecule is CC1CC(Cl)CN1C1CCCCCC1. The monoisotopic (exact) mass is 215 g/mol. The Balaban J connectivity index is 1.92. The minimum atomic E-state index is 0.410. The van der Waals surface area contributed by atoms with Gasteiger partial charge in [-0.05, 0) is 26.2 Å². The molecule has 2 fully saturated rings. The lowest BCUT2D eigenvalue weighted by atomic mass is 10.1. The second-order valence-electron chi connectivity index (χ2n) is 5.02. The molecule has 1 aliphatic heterocycles. The third kappa shape index (κ3) is 2.43. The lowest BCUT2D eigenvalue weighted by molar-refractivity contribution is 0.173. The van der Waals surface area contributed by atoms with Gasteiger partial charge in [0, 0.05) is 24.0 Å². The topological polar surface area (TPSA) is 3.24 Å². The van der Waals surface area contributed by atoms with Crippen LogP contribution >= 0.6 is 11.6 Å². The van der Waals surface area contributed by atoms with Crippen molar-refractivity contribution in [2.24, 2.45) is 0 Å². The van der Waals surface area contributed by atoms with Crippen LogP contribution < -0.4 is 0 Å². The first-order valence-corrected chi connectivity index (χ1v) is 6.61. The van der Waals surface area contributed by atoms with E-state index in [1.54, 1.807) is 0 Å². The Morgan fingerprint density at radius 1 is 1.07 bits per heavy atom. The fourth-order valence-electron chi connectivity index (χ4n) is 3.09. The summed E-state index contributed by atoms with van der Waals surface area (Å²) in [4.78, 5) is 2.67. The molecule has 2 heteroatoms. The lowest BCUT2D eigenvalue weighted by Crippen LogP contribution is -2.37. The zero-order valence-electron chi connectivity index (χ0n) is 9.21. The Hall–Kier alpha value is 0.250. The molecule has 2 unspecified atom stereocenters. The maximum Gasteiger partial charge on any atom is 0.0478 e. The van der Waals surface area contributed by atoms with Crippen LogP contribution in [0.25, 0.3) is 0 Å². The Bertz CT molecular complexity index is 175. The zero-order chi connectivity index (χ0) is 9.97. The molecule has 1 saturated heterocycles. The van der Waals surface area contributed by atoms with E-state index in [4.69, 9.17) is 11.6 Å². The number of nitrogens with zero attached hydrogens (tertiary/aromatic N) is 1. The van der Waals surface area contributed by atoms with E-state index in [0.29, 0.717) is 5.38 Å². The molecule has 0 amide bonds. The van der Waals surface area contributed by atoms with Gasteiger partial charge in [-0.3, -0.25) is 4.90 Å². The van der Waals surface area contributed by atoms with Crippen molar-refractivity contribution in [3.05, 3.63) is 0 Å². The van der Waals surface area contributed by atoms with E-state index >= 15 is 0 Å². The standard InChI is InChI=1S/C12H22ClN/c1-10-8-11(13)9-14(10)12-6-4-2-3-5-7-12/h10-12H,2-9H2,1H3. The van der Waals surface area contributed by atoms with Crippen LogP contribution in [0, 0.1) is 0 Å². The molecule has 0 N–H and O–H groups in total. The van der Waals surface area contributed by atoms with Crippen molar-refractivity contribution >= 4 is 11.6 Å². The molecular weight excluding hydrogens is 194 g/mol. The van der Waals surface area contributed by atoms with Crippen LogP contribution in [0.2, 0.25) is 0 Å². The van der Waals surface area contributed by atoms with E-state index in [1.165, 1.54) is 44.9 Å². The minimum Gasteiger partial charge on any atom is -0.296 e. The largest absolute Gasteiger partial charge is 0.296 e. The van der Waals surface area contributed by atoms with E-state index in [9.17, 15) is 0 Å². The Labute approximate surface area is 92.8 Å². The van der Waals surface area contributed by atoms with Crippen LogP contribution in [-0.2, 0) is 0 Å². The normalized spacial score (nSPS) is 37.3. The van der Waals surface area contributed by atoms with Gasteiger partial charge in [0.1, 0.15) is 0 Å². The van der Waals surface area contributed by atoms with Gasteiger partial charge < -0.3 is 0 Å². The molecule has 2 atom stereocenters. The molecule has 1 nitrogen and oxygen atoms in total. The summed E-state index contributed by atoms with van der Waals surface area (Å²) in [5, 5.41) is 0.410. The summed E-state index contributed by atoms with van der Waals surface area (Å²) in [6.45, 7) is 3.47. The predicted molar refractivity (Wildman–Crippen MR) is 61.9 cm³/mol. The average Bonchev–Trinajstić information content (AvgIpc) is 2.43. The van der Waals surface area contributed by atoms with Gasteiger partial charge in [-0.15, -0.1) is 11.6 Å². The van der Waals surface area contributed by atoms with Crippen LogP contribution in [0.4, 0.5) is 0 Å². The van der Waals surface area contributed by atoms with Crippen LogP contribution in [0.5, 0.6) is 0 Å². The summed E-state index contributed by atoms with van der Waals surface area (Å²) in [6.07, 6.45) is 9.77. The van der Waals surface area contributed by atoms with Gasteiger partial charge in [-0.2, -0.15) is 0 Å². The molecule has 2 aliphatic rings. The fraction of sp³-hybridized carbons (Fsp3) is 1.00. The molecule has 0 spiro atoms. The third-order valence-corrected chi connectivity index (χ3v) is 4.18. The number of alkyl halides is 1. The highest BCUT2D eigenvalue weighted by Gasteiger charge is 2.32. The van der Waals surface area contributed by atoms with Crippen LogP contribution in [0.15, 0.2) is 0 Å². The Kier molecular flexibility index (Phi) is 3.73. The van der Waals surface area contributed by atoms with E-state index in [0.717, 1.165) is 18.6 Å². The summed E-state index contributed by atoms with van der Waals surface area (Å²) in [6, 6.07) is 1.57. The number of halogens is 1. The van der Waals surface area contributed by atoms with Gasteiger partial charge in [0.05, 0.1) is 0 Å². The van der Waals surface area contributed by atoms with Gasteiger partial charge in [-0.25, -0.2) is 0 Å². The molecule has 2 rings (SSSR count). The van der Waals surface area contributed by atoms with E-state index in [1.807, 2.05) is 0 Å². The molecule has 0 radical (unpaired) electrons. The number of hydrogen-bond acceptors (Lipinski definition) is 1. The zero-order valence-corrected chi connectivity index (χ0v) is 9.97. The van der Waals surface area contributed by atoms with Gasteiger partial charge in [0.2, 0.25) is 0 Å². The van der Waals surface area contributed by atoms with Crippen molar-refractivity contribution in [1.82, 2.24) is 4.90 Å². The van der Waals surface area contributed by atoms with Gasteiger partial charge in [0.25, 0.3) is 0 Å². The molecule has 0 aromatic heterocycles. The molecule has 0 aromatic carbocycles. The first kappa shape index (κ1) is 10.8. The third-order valence-electron chi connectivity index (χ3n) is 3.87. The maximum absolute atomic E-state index is 6.22. The highest BCUT2D eigenvalue weighted by atomic mass is 35.5. The minimum absolute atomic E-state index is 0.410. The van der Waals surface area contributed by atoms with Crippen molar-refractivity contribution in [2.75, 3.05) is 6.54 Å². The molecule has 14 heavy (non-hydrogen) atoms. The second-order valence-corrected chi connectivity index (χ2v) is 5.64. The first-order chi connectivity index (χ1) is 6.77. The van der Waals surface area contributed by atoms with Crippen molar-refractivity contribution in [3.8, 4) is 0 Å². The molecule has 1 heterocycles. The van der Waals surface area contributed by atoms with Crippen LogP contribution in [0.3, 0.4) is 0 Å².